The molecule has 1 rings (SSSR count). The number of hydrogen-bond donors (Lipinski definition) is 1. The highest BCUT2D eigenvalue weighted by molar-refractivity contribution is 5.58. The molecule has 0 unspecified atom stereocenters. The zero-order valence-electron chi connectivity index (χ0n) is 10.0. The standard InChI is InChI=1S/C14H21N/c1-4-7-12-9-6-10-13(11-15-3)14(12)8-5-2/h5-6,8-10,15H,4,7,11H2,1-3H3/b8-5-. The normalized spacial score (nSPS) is 11.1. The van der Waals surface area contributed by atoms with Crippen LogP contribution in [-0.2, 0) is 13.0 Å². The molecule has 15 heavy (non-hydrogen) atoms. The molecule has 0 spiro atoms. The molecule has 0 bridgehead atoms. The van der Waals surface area contributed by atoms with E-state index in [1.165, 1.54) is 23.1 Å². The number of rotatable bonds is 5. The second-order valence-corrected chi connectivity index (χ2v) is 3.77. The van der Waals surface area contributed by atoms with E-state index in [2.05, 4.69) is 49.5 Å². The lowest BCUT2D eigenvalue weighted by Gasteiger charge is -2.11. The second kappa shape index (κ2) is 6.41. The zero-order valence-corrected chi connectivity index (χ0v) is 10.0. The first-order valence-corrected chi connectivity index (χ1v) is 5.71. The van der Waals surface area contributed by atoms with Crippen molar-refractivity contribution in [2.75, 3.05) is 7.05 Å². The van der Waals surface area contributed by atoms with Crippen LogP contribution in [0.25, 0.3) is 6.08 Å². The fourth-order valence-corrected chi connectivity index (χ4v) is 1.88. The molecule has 0 aromatic heterocycles. The van der Waals surface area contributed by atoms with E-state index < -0.39 is 0 Å². The summed E-state index contributed by atoms with van der Waals surface area (Å²) in [6.45, 7) is 5.24. The molecule has 0 heterocycles. The molecule has 1 heteroatoms. The van der Waals surface area contributed by atoms with E-state index >= 15 is 0 Å². The van der Waals surface area contributed by atoms with E-state index in [9.17, 15) is 0 Å². The molecule has 0 radical (unpaired) electrons. The highest BCUT2D eigenvalue weighted by Crippen LogP contribution is 2.18. The number of hydrogen-bond acceptors (Lipinski definition) is 1. The van der Waals surface area contributed by atoms with E-state index in [4.69, 9.17) is 0 Å². The first-order chi connectivity index (χ1) is 7.33. The third kappa shape index (κ3) is 3.21. The minimum Gasteiger partial charge on any atom is -0.316 e. The first kappa shape index (κ1) is 12.0. The number of nitrogens with one attached hydrogen (secondary N) is 1. The second-order valence-electron chi connectivity index (χ2n) is 3.77. The number of benzene rings is 1. The van der Waals surface area contributed by atoms with Crippen LogP contribution in [0, 0.1) is 0 Å². The Labute approximate surface area is 93.2 Å². The summed E-state index contributed by atoms with van der Waals surface area (Å²) in [5, 5.41) is 3.22. The van der Waals surface area contributed by atoms with Gasteiger partial charge in [-0.3, -0.25) is 0 Å². The Bertz CT molecular complexity index is 302. The molecular weight excluding hydrogens is 182 g/mol. The van der Waals surface area contributed by atoms with Gasteiger partial charge in [0.25, 0.3) is 0 Å². The maximum absolute atomic E-state index is 3.22. The molecule has 0 atom stereocenters. The summed E-state index contributed by atoms with van der Waals surface area (Å²) in [5.41, 5.74) is 4.25. The predicted molar refractivity (Wildman–Crippen MR) is 67.9 cm³/mol. The van der Waals surface area contributed by atoms with Crippen LogP contribution in [0.3, 0.4) is 0 Å². The summed E-state index contributed by atoms with van der Waals surface area (Å²) in [6.07, 6.45) is 6.70. The Kier molecular flexibility index (Phi) is 5.13. The summed E-state index contributed by atoms with van der Waals surface area (Å²) < 4.78 is 0. The van der Waals surface area contributed by atoms with Gasteiger partial charge in [-0.1, -0.05) is 43.7 Å². The van der Waals surface area contributed by atoms with E-state index in [-0.39, 0.29) is 0 Å². The van der Waals surface area contributed by atoms with Crippen molar-refractivity contribution >= 4 is 6.08 Å². The lowest BCUT2D eigenvalue weighted by atomic mass is 9.97. The average molecular weight is 203 g/mol. The predicted octanol–water partition coefficient (Wildman–Crippen LogP) is 3.39. The van der Waals surface area contributed by atoms with Crippen LogP contribution in [0.1, 0.15) is 37.0 Å². The van der Waals surface area contributed by atoms with Gasteiger partial charge in [0.2, 0.25) is 0 Å². The van der Waals surface area contributed by atoms with Crippen molar-refractivity contribution in [1.82, 2.24) is 5.32 Å². The smallest absolute Gasteiger partial charge is 0.0208 e. The summed E-state index contributed by atoms with van der Waals surface area (Å²) in [6, 6.07) is 6.59. The van der Waals surface area contributed by atoms with Gasteiger partial charge < -0.3 is 5.32 Å². The van der Waals surface area contributed by atoms with Crippen molar-refractivity contribution in [1.29, 1.82) is 0 Å². The van der Waals surface area contributed by atoms with Gasteiger partial charge in [0.15, 0.2) is 0 Å². The van der Waals surface area contributed by atoms with Gasteiger partial charge in [0.1, 0.15) is 0 Å². The molecule has 0 aliphatic rings. The molecule has 0 amide bonds. The zero-order chi connectivity index (χ0) is 11.1. The fraction of sp³-hybridized carbons (Fsp3) is 0.429. The van der Waals surface area contributed by atoms with Crippen molar-refractivity contribution in [2.45, 2.75) is 33.2 Å². The minimum atomic E-state index is 0.942. The van der Waals surface area contributed by atoms with Crippen LogP contribution in [0.2, 0.25) is 0 Å². The SMILES string of the molecule is C/C=C\c1c(CCC)cccc1CNC. The average Bonchev–Trinajstić information content (AvgIpc) is 2.23. The quantitative estimate of drug-likeness (QED) is 0.773. The van der Waals surface area contributed by atoms with Gasteiger partial charge in [-0.2, -0.15) is 0 Å². The van der Waals surface area contributed by atoms with Gasteiger partial charge in [-0.05, 0) is 37.1 Å². The molecule has 82 valence electrons. The summed E-state index contributed by atoms with van der Waals surface area (Å²) in [5.74, 6) is 0. The van der Waals surface area contributed by atoms with Crippen LogP contribution < -0.4 is 5.32 Å². The van der Waals surface area contributed by atoms with E-state index in [0.717, 1.165) is 13.0 Å². The molecule has 0 aliphatic heterocycles. The maximum Gasteiger partial charge on any atom is 0.0208 e. The van der Waals surface area contributed by atoms with Crippen molar-refractivity contribution in [3.63, 3.8) is 0 Å². The summed E-state index contributed by atoms with van der Waals surface area (Å²) in [7, 11) is 1.99. The lowest BCUT2D eigenvalue weighted by molar-refractivity contribution is 0.811. The van der Waals surface area contributed by atoms with Crippen molar-refractivity contribution < 1.29 is 0 Å². The molecular formula is C14H21N. The van der Waals surface area contributed by atoms with Crippen LogP contribution in [0.4, 0.5) is 0 Å². The van der Waals surface area contributed by atoms with Crippen molar-refractivity contribution in [2.24, 2.45) is 0 Å². The summed E-state index contributed by atoms with van der Waals surface area (Å²) >= 11 is 0. The van der Waals surface area contributed by atoms with Gasteiger partial charge >= 0.3 is 0 Å². The van der Waals surface area contributed by atoms with Gasteiger partial charge in [-0.25, -0.2) is 0 Å². The Hall–Kier alpha value is -1.08. The molecule has 0 aliphatic carbocycles. The van der Waals surface area contributed by atoms with Gasteiger partial charge in [0, 0.05) is 6.54 Å². The monoisotopic (exact) mass is 203 g/mol. The highest BCUT2D eigenvalue weighted by atomic mass is 14.8. The molecule has 0 saturated heterocycles. The maximum atomic E-state index is 3.22. The molecule has 1 nitrogen and oxygen atoms in total. The highest BCUT2D eigenvalue weighted by Gasteiger charge is 2.03. The third-order valence-electron chi connectivity index (χ3n) is 2.51. The minimum absolute atomic E-state index is 0.942. The van der Waals surface area contributed by atoms with Crippen LogP contribution >= 0.6 is 0 Å². The van der Waals surface area contributed by atoms with Gasteiger partial charge in [-0.15, -0.1) is 0 Å². The molecule has 1 N–H and O–H groups in total. The van der Waals surface area contributed by atoms with Crippen LogP contribution in [0.5, 0.6) is 0 Å². The molecule has 1 aromatic rings. The molecule has 1 aromatic carbocycles. The molecule has 0 saturated carbocycles. The van der Waals surface area contributed by atoms with Crippen molar-refractivity contribution in [3.05, 3.63) is 41.0 Å². The molecule has 0 fully saturated rings. The Morgan fingerprint density at radius 3 is 2.60 bits per heavy atom. The largest absolute Gasteiger partial charge is 0.316 e. The van der Waals surface area contributed by atoms with E-state index in [1.54, 1.807) is 0 Å². The summed E-state index contributed by atoms with van der Waals surface area (Å²) in [4.78, 5) is 0. The topological polar surface area (TPSA) is 12.0 Å². The number of aryl methyl sites for hydroxylation is 1. The Morgan fingerprint density at radius 2 is 2.00 bits per heavy atom. The number of allylic oxidation sites excluding steroid dienone is 1. The third-order valence-corrected chi connectivity index (χ3v) is 2.51. The van der Waals surface area contributed by atoms with E-state index in [1.807, 2.05) is 7.05 Å². The van der Waals surface area contributed by atoms with E-state index in [0.29, 0.717) is 0 Å². The van der Waals surface area contributed by atoms with Crippen molar-refractivity contribution in [3.8, 4) is 0 Å². The van der Waals surface area contributed by atoms with Gasteiger partial charge in [0.05, 0.1) is 0 Å². The Balaban J connectivity index is 3.09. The van der Waals surface area contributed by atoms with Crippen LogP contribution in [0.15, 0.2) is 24.3 Å². The Morgan fingerprint density at radius 1 is 1.27 bits per heavy atom. The lowest BCUT2D eigenvalue weighted by Crippen LogP contribution is -2.07. The fourth-order valence-electron chi connectivity index (χ4n) is 1.88. The first-order valence-electron chi connectivity index (χ1n) is 5.71. The van der Waals surface area contributed by atoms with Crippen LogP contribution in [-0.4, -0.2) is 7.05 Å².